The molecule has 0 aliphatic carbocycles. The summed E-state index contributed by atoms with van der Waals surface area (Å²) in [6.07, 6.45) is 0.788. The highest BCUT2D eigenvalue weighted by molar-refractivity contribution is 5.82. The number of aliphatic hydroxyl groups is 1. The Balaban J connectivity index is 2.12. The standard InChI is InChI=1S/C18H22F2N2O4/c1-10(23)22-16(5-11-3-13(19)8-14(20)4-11)18(25)15-6-12(9-21-15)7-17(24)26-2/h3-4,7-8,15-16,18,21,25H,5-6,9H2,1-2H3,(H,22,23)/t15-,16+,18-/m1/s1. The van der Waals surface area contributed by atoms with Crippen LogP contribution < -0.4 is 10.6 Å². The second-order valence-electron chi connectivity index (χ2n) is 6.30. The van der Waals surface area contributed by atoms with Gasteiger partial charge in [0.2, 0.25) is 5.91 Å². The van der Waals surface area contributed by atoms with E-state index in [1.807, 2.05) is 0 Å². The second kappa shape index (κ2) is 8.86. The normalized spacial score (nSPS) is 20.7. The number of halogens is 2. The summed E-state index contributed by atoms with van der Waals surface area (Å²) < 4.78 is 31.4. The molecule has 0 spiro atoms. The van der Waals surface area contributed by atoms with Crippen LogP contribution in [0.1, 0.15) is 18.9 Å². The third-order valence-corrected chi connectivity index (χ3v) is 4.19. The van der Waals surface area contributed by atoms with Gasteiger partial charge in [0, 0.05) is 31.7 Å². The molecule has 1 aliphatic rings. The Morgan fingerprint density at radius 3 is 2.62 bits per heavy atom. The van der Waals surface area contributed by atoms with Gasteiger partial charge in [-0.25, -0.2) is 13.6 Å². The van der Waals surface area contributed by atoms with Gasteiger partial charge in [0.15, 0.2) is 0 Å². The number of carbonyl (C=O) groups excluding carboxylic acids is 2. The molecule has 1 saturated heterocycles. The molecular weight excluding hydrogens is 346 g/mol. The van der Waals surface area contributed by atoms with Crippen molar-refractivity contribution in [3.8, 4) is 0 Å². The summed E-state index contributed by atoms with van der Waals surface area (Å²) in [4.78, 5) is 22.8. The molecular formula is C18H22F2N2O4. The molecule has 0 saturated carbocycles. The molecule has 142 valence electrons. The summed E-state index contributed by atoms with van der Waals surface area (Å²) in [7, 11) is 1.28. The van der Waals surface area contributed by atoms with Crippen LogP contribution in [0.15, 0.2) is 29.8 Å². The molecule has 26 heavy (non-hydrogen) atoms. The Labute approximate surface area is 150 Å². The van der Waals surface area contributed by atoms with Gasteiger partial charge in [-0.1, -0.05) is 0 Å². The van der Waals surface area contributed by atoms with Crippen molar-refractivity contribution >= 4 is 11.9 Å². The number of esters is 1. The highest BCUT2D eigenvalue weighted by atomic mass is 19.1. The number of carbonyl (C=O) groups is 2. The SMILES string of the molecule is COC(=O)C=C1CN[C@@H]([C@@H](O)[C@H](Cc2cc(F)cc(F)c2)NC(C)=O)C1. The number of nitrogens with one attached hydrogen (secondary N) is 2. The van der Waals surface area contributed by atoms with Crippen LogP contribution in [0.3, 0.4) is 0 Å². The summed E-state index contributed by atoms with van der Waals surface area (Å²) in [5.74, 6) is -2.29. The quantitative estimate of drug-likeness (QED) is 0.512. The van der Waals surface area contributed by atoms with E-state index in [1.165, 1.54) is 20.1 Å². The van der Waals surface area contributed by atoms with Gasteiger partial charge in [-0.15, -0.1) is 0 Å². The number of benzene rings is 1. The van der Waals surface area contributed by atoms with E-state index in [0.717, 1.165) is 23.8 Å². The van der Waals surface area contributed by atoms with Crippen LogP contribution in [0.4, 0.5) is 8.78 Å². The van der Waals surface area contributed by atoms with Gasteiger partial charge in [0.05, 0.1) is 19.3 Å². The average molecular weight is 368 g/mol. The molecule has 1 fully saturated rings. The molecule has 1 amide bonds. The molecule has 0 bridgehead atoms. The Kier molecular flexibility index (Phi) is 6.82. The maximum Gasteiger partial charge on any atom is 0.330 e. The predicted molar refractivity (Wildman–Crippen MR) is 90.2 cm³/mol. The van der Waals surface area contributed by atoms with Crippen LogP contribution in [0, 0.1) is 11.6 Å². The van der Waals surface area contributed by atoms with Crippen LogP contribution in [0.25, 0.3) is 0 Å². The number of aliphatic hydroxyl groups excluding tert-OH is 1. The molecule has 0 radical (unpaired) electrons. The first-order valence-corrected chi connectivity index (χ1v) is 8.19. The number of ether oxygens (including phenoxy) is 1. The molecule has 3 atom stereocenters. The number of rotatable bonds is 6. The molecule has 1 heterocycles. The molecule has 2 rings (SSSR count). The average Bonchev–Trinajstić information content (AvgIpc) is 3.00. The zero-order chi connectivity index (χ0) is 19.3. The van der Waals surface area contributed by atoms with Crippen molar-refractivity contribution in [3.05, 3.63) is 47.0 Å². The predicted octanol–water partition coefficient (Wildman–Crippen LogP) is 0.834. The summed E-state index contributed by atoms with van der Waals surface area (Å²) in [5, 5.41) is 16.4. The number of hydrogen-bond acceptors (Lipinski definition) is 5. The molecule has 1 aliphatic heterocycles. The Morgan fingerprint density at radius 1 is 1.38 bits per heavy atom. The van der Waals surface area contributed by atoms with Crippen molar-refractivity contribution in [3.63, 3.8) is 0 Å². The van der Waals surface area contributed by atoms with Crippen LogP contribution in [0.2, 0.25) is 0 Å². The first-order chi connectivity index (χ1) is 12.3. The maximum atomic E-state index is 13.4. The third-order valence-electron chi connectivity index (χ3n) is 4.19. The zero-order valence-corrected chi connectivity index (χ0v) is 14.6. The number of amides is 1. The molecule has 6 nitrogen and oxygen atoms in total. The van der Waals surface area contributed by atoms with E-state index in [9.17, 15) is 23.5 Å². The Bertz CT molecular complexity index is 688. The third kappa shape index (κ3) is 5.60. The lowest BCUT2D eigenvalue weighted by Crippen LogP contribution is -2.51. The fraction of sp³-hybridized carbons (Fsp3) is 0.444. The zero-order valence-electron chi connectivity index (χ0n) is 14.6. The molecule has 1 aromatic carbocycles. The van der Waals surface area contributed by atoms with Gasteiger partial charge in [-0.3, -0.25) is 4.79 Å². The van der Waals surface area contributed by atoms with E-state index in [0.29, 0.717) is 18.5 Å². The van der Waals surface area contributed by atoms with Gasteiger partial charge < -0.3 is 20.5 Å². The lowest BCUT2D eigenvalue weighted by molar-refractivity contribution is -0.134. The van der Waals surface area contributed by atoms with Crippen molar-refractivity contribution in [2.24, 2.45) is 0 Å². The van der Waals surface area contributed by atoms with Crippen LogP contribution >= 0.6 is 0 Å². The number of methoxy groups -OCH3 is 1. The van der Waals surface area contributed by atoms with Crippen molar-refractivity contribution in [2.75, 3.05) is 13.7 Å². The fourth-order valence-electron chi connectivity index (χ4n) is 3.05. The summed E-state index contributed by atoms with van der Waals surface area (Å²) in [5.41, 5.74) is 1.09. The van der Waals surface area contributed by atoms with E-state index >= 15 is 0 Å². The second-order valence-corrected chi connectivity index (χ2v) is 6.30. The molecule has 0 aromatic heterocycles. The molecule has 1 aromatic rings. The van der Waals surface area contributed by atoms with E-state index in [4.69, 9.17) is 0 Å². The smallest absolute Gasteiger partial charge is 0.330 e. The van der Waals surface area contributed by atoms with Gasteiger partial charge >= 0.3 is 5.97 Å². The highest BCUT2D eigenvalue weighted by Crippen LogP contribution is 2.20. The monoisotopic (exact) mass is 368 g/mol. The Morgan fingerprint density at radius 2 is 2.04 bits per heavy atom. The molecule has 3 N–H and O–H groups in total. The van der Waals surface area contributed by atoms with Crippen molar-refractivity contribution in [1.82, 2.24) is 10.6 Å². The van der Waals surface area contributed by atoms with Crippen LogP contribution in [0.5, 0.6) is 0 Å². The van der Waals surface area contributed by atoms with Crippen molar-refractivity contribution < 1.29 is 28.2 Å². The largest absolute Gasteiger partial charge is 0.466 e. The minimum atomic E-state index is -1.02. The summed E-state index contributed by atoms with van der Waals surface area (Å²) in [6.45, 7) is 1.70. The maximum absolute atomic E-state index is 13.4. The first-order valence-electron chi connectivity index (χ1n) is 8.19. The molecule has 8 heteroatoms. The van der Waals surface area contributed by atoms with E-state index in [1.54, 1.807) is 0 Å². The van der Waals surface area contributed by atoms with E-state index in [-0.39, 0.29) is 12.3 Å². The minimum Gasteiger partial charge on any atom is -0.466 e. The van der Waals surface area contributed by atoms with Crippen LogP contribution in [-0.2, 0) is 20.7 Å². The lowest BCUT2D eigenvalue weighted by Gasteiger charge is -2.28. The van der Waals surface area contributed by atoms with Gasteiger partial charge in [0.25, 0.3) is 0 Å². The molecule has 0 unspecified atom stereocenters. The summed E-state index contributed by atoms with van der Waals surface area (Å²) in [6, 6.07) is 1.92. The van der Waals surface area contributed by atoms with Gasteiger partial charge in [0.1, 0.15) is 11.6 Å². The Hall–Kier alpha value is -2.32. The minimum absolute atomic E-state index is 0.0592. The highest BCUT2D eigenvalue weighted by Gasteiger charge is 2.32. The fourth-order valence-corrected chi connectivity index (χ4v) is 3.05. The van der Waals surface area contributed by atoms with Crippen molar-refractivity contribution in [1.29, 1.82) is 0 Å². The van der Waals surface area contributed by atoms with Crippen LogP contribution in [-0.4, -0.2) is 48.8 Å². The first kappa shape index (κ1) is 20.0. The van der Waals surface area contributed by atoms with Gasteiger partial charge in [-0.2, -0.15) is 0 Å². The lowest BCUT2D eigenvalue weighted by atomic mass is 9.94. The van der Waals surface area contributed by atoms with E-state index in [2.05, 4.69) is 15.4 Å². The van der Waals surface area contributed by atoms with E-state index < -0.39 is 35.8 Å². The van der Waals surface area contributed by atoms with Gasteiger partial charge in [-0.05, 0) is 36.1 Å². The topological polar surface area (TPSA) is 87.7 Å². The number of hydrogen-bond donors (Lipinski definition) is 3. The summed E-state index contributed by atoms with van der Waals surface area (Å²) >= 11 is 0. The van der Waals surface area contributed by atoms with Crippen molar-refractivity contribution in [2.45, 2.75) is 38.0 Å².